The molecule has 0 aliphatic carbocycles. The first-order valence-corrected chi connectivity index (χ1v) is 9.12. The van der Waals surface area contributed by atoms with Gasteiger partial charge in [0, 0.05) is 18.0 Å². The number of hydrogen-bond donors (Lipinski definition) is 1. The lowest BCUT2D eigenvalue weighted by atomic mass is 9.88. The number of rotatable bonds is 5. The van der Waals surface area contributed by atoms with Crippen molar-refractivity contribution in [1.29, 1.82) is 0 Å². The summed E-state index contributed by atoms with van der Waals surface area (Å²) in [5.74, 6) is 0.917. The fourth-order valence-electron chi connectivity index (χ4n) is 3.61. The first-order valence-electron chi connectivity index (χ1n) is 8.24. The van der Waals surface area contributed by atoms with Crippen molar-refractivity contribution in [3.05, 3.63) is 16.1 Å². The summed E-state index contributed by atoms with van der Waals surface area (Å²) in [5, 5.41) is 7.25. The van der Waals surface area contributed by atoms with Gasteiger partial charge in [0.15, 0.2) is 0 Å². The van der Waals surface area contributed by atoms with E-state index in [1.807, 2.05) is 11.3 Å². The maximum Gasteiger partial charge on any atom is 0.0928 e. The van der Waals surface area contributed by atoms with Gasteiger partial charge in [0.2, 0.25) is 0 Å². The molecule has 1 aromatic heterocycles. The van der Waals surface area contributed by atoms with Gasteiger partial charge in [0.25, 0.3) is 0 Å². The van der Waals surface area contributed by atoms with Crippen LogP contribution in [0.25, 0.3) is 0 Å². The molecular weight excluding hydrogens is 266 g/mol. The fraction of sp³-hybridized carbons (Fsp3) is 0.812. The maximum absolute atomic E-state index is 4.76. The molecule has 2 saturated heterocycles. The summed E-state index contributed by atoms with van der Waals surface area (Å²) in [6.45, 7) is 7.03. The van der Waals surface area contributed by atoms with Crippen molar-refractivity contribution in [3.63, 3.8) is 0 Å². The van der Waals surface area contributed by atoms with Crippen LogP contribution in [0.2, 0.25) is 0 Å². The zero-order valence-electron chi connectivity index (χ0n) is 12.6. The molecule has 3 heterocycles. The van der Waals surface area contributed by atoms with Gasteiger partial charge in [-0.3, -0.25) is 4.90 Å². The minimum atomic E-state index is 0.813. The number of piperidine rings is 1. The Labute approximate surface area is 126 Å². The number of likely N-dealkylation sites (tertiary alicyclic amines) is 1. The summed E-state index contributed by atoms with van der Waals surface area (Å²) >= 11 is 1.84. The highest BCUT2D eigenvalue weighted by Gasteiger charge is 2.28. The summed E-state index contributed by atoms with van der Waals surface area (Å²) in [6, 6.07) is 0.813. The minimum absolute atomic E-state index is 0.813. The van der Waals surface area contributed by atoms with E-state index >= 15 is 0 Å². The Balaban J connectivity index is 1.45. The summed E-state index contributed by atoms with van der Waals surface area (Å²) in [4.78, 5) is 7.35. The zero-order chi connectivity index (χ0) is 13.8. The lowest BCUT2D eigenvalue weighted by Crippen LogP contribution is -2.40. The van der Waals surface area contributed by atoms with E-state index in [0.29, 0.717) is 0 Å². The molecule has 112 valence electrons. The average Bonchev–Trinajstić information content (AvgIpc) is 3.12. The molecule has 0 saturated carbocycles. The molecule has 0 bridgehead atoms. The molecule has 1 aromatic rings. The van der Waals surface area contributed by atoms with Crippen molar-refractivity contribution >= 4 is 11.3 Å². The van der Waals surface area contributed by atoms with Gasteiger partial charge in [0.1, 0.15) is 0 Å². The SMILES string of the molecule is CCCc1nc(CN2CCC(C3CCCN3)CC2)cs1. The molecule has 3 rings (SSSR count). The smallest absolute Gasteiger partial charge is 0.0928 e. The Morgan fingerprint density at radius 2 is 2.20 bits per heavy atom. The van der Waals surface area contributed by atoms with Crippen LogP contribution >= 0.6 is 11.3 Å². The molecule has 1 unspecified atom stereocenters. The van der Waals surface area contributed by atoms with Crippen LogP contribution in [-0.2, 0) is 13.0 Å². The van der Waals surface area contributed by atoms with E-state index in [1.165, 1.54) is 62.4 Å². The van der Waals surface area contributed by atoms with Gasteiger partial charge in [-0.1, -0.05) is 6.92 Å². The van der Waals surface area contributed by atoms with Crippen LogP contribution in [-0.4, -0.2) is 35.6 Å². The Morgan fingerprint density at radius 3 is 2.90 bits per heavy atom. The zero-order valence-corrected chi connectivity index (χ0v) is 13.4. The molecule has 0 spiro atoms. The summed E-state index contributed by atoms with van der Waals surface area (Å²) in [5.41, 5.74) is 1.29. The molecule has 1 N–H and O–H groups in total. The van der Waals surface area contributed by atoms with E-state index in [9.17, 15) is 0 Å². The quantitative estimate of drug-likeness (QED) is 0.904. The van der Waals surface area contributed by atoms with Crippen molar-refractivity contribution < 1.29 is 0 Å². The molecule has 3 nitrogen and oxygen atoms in total. The standard InChI is InChI=1S/C16H27N3S/c1-2-4-16-18-14(12-20-16)11-19-9-6-13(7-10-19)15-5-3-8-17-15/h12-13,15,17H,2-11H2,1H3. The van der Waals surface area contributed by atoms with Gasteiger partial charge in [0.05, 0.1) is 10.7 Å². The Bertz CT molecular complexity index is 404. The Kier molecular flexibility index (Phi) is 5.08. The first-order chi connectivity index (χ1) is 9.85. The average molecular weight is 293 g/mol. The topological polar surface area (TPSA) is 28.2 Å². The summed E-state index contributed by atoms with van der Waals surface area (Å²) < 4.78 is 0. The van der Waals surface area contributed by atoms with Crippen molar-refractivity contribution in [2.45, 2.75) is 58.0 Å². The predicted molar refractivity (Wildman–Crippen MR) is 85.1 cm³/mol. The third kappa shape index (κ3) is 3.60. The van der Waals surface area contributed by atoms with Gasteiger partial charge in [-0.15, -0.1) is 11.3 Å². The van der Waals surface area contributed by atoms with Crippen molar-refractivity contribution in [3.8, 4) is 0 Å². The van der Waals surface area contributed by atoms with E-state index in [4.69, 9.17) is 4.98 Å². The summed E-state index contributed by atoms with van der Waals surface area (Å²) in [7, 11) is 0. The molecule has 20 heavy (non-hydrogen) atoms. The van der Waals surface area contributed by atoms with Crippen LogP contribution in [0.5, 0.6) is 0 Å². The molecule has 2 aliphatic heterocycles. The predicted octanol–water partition coefficient (Wildman–Crippen LogP) is 3.06. The molecule has 0 amide bonds. The summed E-state index contributed by atoms with van der Waals surface area (Å²) in [6.07, 6.45) is 7.85. The van der Waals surface area contributed by atoms with Gasteiger partial charge in [-0.25, -0.2) is 4.98 Å². The van der Waals surface area contributed by atoms with Crippen LogP contribution in [0.4, 0.5) is 0 Å². The Hall–Kier alpha value is -0.450. The molecule has 2 aliphatic rings. The third-order valence-corrected chi connectivity index (χ3v) is 5.71. The first kappa shape index (κ1) is 14.5. The van der Waals surface area contributed by atoms with Gasteiger partial charge < -0.3 is 5.32 Å². The van der Waals surface area contributed by atoms with Gasteiger partial charge in [-0.2, -0.15) is 0 Å². The van der Waals surface area contributed by atoms with Gasteiger partial charge in [-0.05, 0) is 64.1 Å². The van der Waals surface area contributed by atoms with E-state index in [0.717, 1.165) is 24.9 Å². The van der Waals surface area contributed by atoms with Crippen molar-refractivity contribution in [2.24, 2.45) is 5.92 Å². The molecule has 0 aromatic carbocycles. The van der Waals surface area contributed by atoms with E-state index in [-0.39, 0.29) is 0 Å². The van der Waals surface area contributed by atoms with Crippen molar-refractivity contribution in [1.82, 2.24) is 15.2 Å². The molecule has 0 radical (unpaired) electrons. The highest BCUT2D eigenvalue weighted by atomic mass is 32.1. The molecule has 2 fully saturated rings. The molecular formula is C16H27N3S. The van der Waals surface area contributed by atoms with E-state index in [2.05, 4.69) is 22.5 Å². The monoisotopic (exact) mass is 293 g/mol. The highest BCUT2D eigenvalue weighted by Crippen LogP contribution is 2.26. The normalized spacial score (nSPS) is 25.4. The second kappa shape index (κ2) is 7.01. The number of aryl methyl sites for hydroxylation is 1. The highest BCUT2D eigenvalue weighted by molar-refractivity contribution is 7.09. The number of hydrogen-bond acceptors (Lipinski definition) is 4. The minimum Gasteiger partial charge on any atom is -0.314 e. The third-order valence-electron chi connectivity index (χ3n) is 4.75. The second-order valence-electron chi connectivity index (χ2n) is 6.30. The molecule has 1 atom stereocenters. The van der Waals surface area contributed by atoms with Gasteiger partial charge >= 0.3 is 0 Å². The second-order valence-corrected chi connectivity index (χ2v) is 7.24. The van der Waals surface area contributed by atoms with Crippen LogP contribution in [0.15, 0.2) is 5.38 Å². The van der Waals surface area contributed by atoms with E-state index < -0.39 is 0 Å². The lowest BCUT2D eigenvalue weighted by molar-refractivity contribution is 0.156. The number of aromatic nitrogens is 1. The largest absolute Gasteiger partial charge is 0.314 e. The fourth-order valence-corrected chi connectivity index (χ4v) is 4.50. The number of nitrogens with zero attached hydrogens (tertiary/aromatic N) is 2. The number of thiazole rings is 1. The van der Waals surface area contributed by atoms with Crippen molar-refractivity contribution in [2.75, 3.05) is 19.6 Å². The van der Waals surface area contributed by atoms with Crippen LogP contribution in [0.1, 0.15) is 49.7 Å². The lowest BCUT2D eigenvalue weighted by Gasteiger charge is -2.34. The maximum atomic E-state index is 4.76. The molecule has 4 heteroatoms. The van der Waals surface area contributed by atoms with Crippen LogP contribution in [0, 0.1) is 5.92 Å². The van der Waals surface area contributed by atoms with Crippen LogP contribution < -0.4 is 5.32 Å². The number of nitrogens with one attached hydrogen (secondary N) is 1. The Morgan fingerprint density at radius 1 is 1.35 bits per heavy atom. The van der Waals surface area contributed by atoms with Crippen LogP contribution in [0.3, 0.4) is 0 Å². The van der Waals surface area contributed by atoms with E-state index in [1.54, 1.807) is 0 Å².